The van der Waals surface area contributed by atoms with Crippen LogP contribution in [0.3, 0.4) is 0 Å². The van der Waals surface area contributed by atoms with Gasteiger partial charge in [0.1, 0.15) is 5.75 Å². The van der Waals surface area contributed by atoms with E-state index < -0.39 is 6.10 Å². The fraction of sp³-hybridized carbons (Fsp3) is 0.250. The maximum Gasteiger partial charge on any atom is 0.291 e. The van der Waals surface area contributed by atoms with Crippen molar-refractivity contribution >= 4 is 23.2 Å². The normalized spacial score (nSPS) is 12.1. The molecule has 0 saturated heterocycles. The molecule has 1 aromatic heterocycles. The highest BCUT2D eigenvalue weighted by Gasteiger charge is 2.17. The van der Waals surface area contributed by atoms with E-state index in [2.05, 4.69) is 31.4 Å². The summed E-state index contributed by atoms with van der Waals surface area (Å²) in [6, 6.07) is 17.9. The van der Waals surface area contributed by atoms with Crippen molar-refractivity contribution < 1.29 is 18.7 Å². The first-order chi connectivity index (χ1) is 14.2. The average Bonchev–Trinajstić information content (AvgIpc) is 3.23. The molecule has 0 aliphatic rings. The Hall–Kier alpha value is -3.54. The molecule has 6 heteroatoms. The summed E-state index contributed by atoms with van der Waals surface area (Å²) in [6.07, 6.45) is 0.746. The van der Waals surface area contributed by atoms with Crippen LogP contribution < -0.4 is 15.4 Å². The molecule has 0 saturated carbocycles. The van der Waals surface area contributed by atoms with Crippen molar-refractivity contribution in [2.24, 2.45) is 0 Å². The van der Waals surface area contributed by atoms with Crippen molar-refractivity contribution in [3.8, 4) is 5.75 Å². The Morgan fingerprint density at radius 1 is 0.933 bits per heavy atom. The van der Waals surface area contributed by atoms with Crippen molar-refractivity contribution in [1.29, 1.82) is 0 Å². The highest BCUT2D eigenvalue weighted by atomic mass is 16.5. The molecule has 1 heterocycles. The van der Waals surface area contributed by atoms with Crippen molar-refractivity contribution in [3.63, 3.8) is 0 Å². The first-order valence-corrected chi connectivity index (χ1v) is 9.75. The summed E-state index contributed by atoms with van der Waals surface area (Å²) >= 11 is 0. The molecule has 0 spiro atoms. The summed E-state index contributed by atoms with van der Waals surface area (Å²) in [7, 11) is 0. The zero-order valence-electron chi connectivity index (χ0n) is 17.6. The lowest BCUT2D eigenvalue weighted by Crippen LogP contribution is -2.30. The van der Waals surface area contributed by atoms with Crippen molar-refractivity contribution in [2.45, 2.75) is 39.2 Å². The first-order valence-electron chi connectivity index (χ1n) is 9.75. The number of hydrogen-bond donors (Lipinski definition) is 2. The number of nitrogens with one attached hydrogen (secondary N) is 2. The van der Waals surface area contributed by atoms with E-state index in [1.165, 1.54) is 11.8 Å². The topological polar surface area (TPSA) is 80.6 Å². The summed E-state index contributed by atoms with van der Waals surface area (Å²) in [5.74, 6) is 0.192. The Morgan fingerprint density at radius 3 is 2.20 bits per heavy atom. The molecule has 1 unspecified atom stereocenters. The molecule has 1 atom stereocenters. The third kappa shape index (κ3) is 5.50. The molecule has 2 amide bonds. The molecule has 156 valence electrons. The van der Waals surface area contributed by atoms with E-state index in [-0.39, 0.29) is 23.0 Å². The number of hydrogen-bond acceptors (Lipinski definition) is 4. The number of rotatable bonds is 6. The van der Waals surface area contributed by atoms with Gasteiger partial charge in [0, 0.05) is 11.4 Å². The number of carbonyl (C=O) groups excluding carboxylic acids is 2. The van der Waals surface area contributed by atoms with Crippen LogP contribution >= 0.6 is 0 Å². The van der Waals surface area contributed by atoms with E-state index in [1.54, 1.807) is 43.3 Å². The second-order valence-electron chi connectivity index (χ2n) is 8.04. The van der Waals surface area contributed by atoms with Crippen LogP contribution in [0.25, 0.3) is 0 Å². The van der Waals surface area contributed by atoms with Gasteiger partial charge in [0.15, 0.2) is 11.9 Å². The standard InChI is InChI=1S/C24H26N2O4/c1-16(30-20-12-10-17(11-13-20)24(2,3)4)22(27)25-18-7-5-8-19(15-18)26-23(28)21-9-6-14-29-21/h5-16H,1-4H3,(H,25,27)(H,26,28). The Bertz CT molecular complexity index is 1000. The lowest BCUT2D eigenvalue weighted by atomic mass is 9.87. The highest BCUT2D eigenvalue weighted by Crippen LogP contribution is 2.25. The van der Waals surface area contributed by atoms with Gasteiger partial charge in [-0.15, -0.1) is 0 Å². The van der Waals surface area contributed by atoms with Gasteiger partial charge in [-0.2, -0.15) is 0 Å². The van der Waals surface area contributed by atoms with Gasteiger partial charge in [-0.25, -0.2) is 0 Å². The van der Waals surface area contributed by atoms with Gasteiger partial charge >= 0.3 is 0 Å². The maximum absolute atomic E-state index is 12.5. The average molecular weight is 406 g/mol. The highest BCUT2D eigenvalue weighted by molar-refractivity contribution is 6.02. The second-order valence-corrected chi connectivity index (χ2v) is 8.04. The number of anilines is 2. The van der Waals surface area contributed by atoms with E-state index in [9.17, 15) is 9.59 Å². The summed E-state index contributed by atoms with van der Waals surface area (Å²) in [4.78, 5) is 24.6. The van der Waals surface area contributed by atoms with Crippen LogP contribution in [0, 0.1) is 0 Å². The molecule has 6 nitrogen and oxygen atoms in total. The quantitative estimate of drug-likeness (QED) is 0.587. The SMILES string of the molecule is CC(Oc1ccc(C(C)(C)C)cc1)C(=O)Nc1cccc(NC(=O)c2ccco2)c1. The van der Waals surface area contributed by atoms with Crippen molar-refractivity contribution in [3.05, 3.63) is 78.3 Å². The molecular weight excluding hydrogens is 380 g/mol. The van der Waals surface area contributed by atoms with Crippen LogP contribution in [-0.2, 0) is 10.2 Å². The van der Waals surface area contributed by atoms with Crippen LogP contribution in [0.15, 0.2) is 71.3 Å². The smallest absolute Gasteiger partial charge is 0.291 e. The predicted octanol–water partition coefficient (Wildman–Crippen LogP) is 5.24. The van der Waals surface area contributed by atoms with Gasteiger partial charge in [-0.3, -0.25) is 9.59 Å². The fourth-order valence-electron chi connectivity index (χ4n) is 2.81. The number of amides is 2. The third-order valence-corrected chi connectivity index (χ3v) is 4.54. The van der Waals surface area contributed by atoms with Gasteiger partial charge < -0.3 is 19.8 Å². The first kappa shape index (κ1) is 21.2. The monoisotopic (exact) mass is 406 g/mol. The summed E-state index contributed by atoms with van der Waals surface area (Å²) < 4.78 is 10.8. The van der Waals surface area contributed by atoms with Gasteiger partial charge in [0.05, 0.1) is 6.26 Å². The molecule has 0 aliphatic carbocycles. The lowest BCUT2D eigenvalue weighted by Gasteiger charge is -2.20. The summed E-state index contributed by atoms with van der Waals surface area (Å²) in [6.45, 7) is 8.12. The maximum atomic E-state index is 12.5. The molecule has 0 bridgehead atoms. The molecule has 2 aromatic carbocycles. The minimum absolute atomic E-state index is 0.0545. The molecule has 30 heavy (non-hydrogen) atoms. The molecule has 2 N–H and O–H groups in total. The van der Waals surface area contributed by atoms with Crippen LogP contribution in [0.5, 0.6) is 5.75 Å². The van der Waals surface area contributed by atoms with Crippen LogP contribution in [0.4, 0.5) is 11.4 Å². The largest absolute Gasteiger partial charge is 0.481 e. The van der Waals surface area contributed by atoms with E-state index in [1.807, 2.05) is 24.3 Å². The Labute approximate surface area is 176 Å². The third-order valence-electron chi connectivity index (χ3n) is 4.54. The van der Waals surface area contributed by atoms with E-state index in [0.717, 1.165) is 0 Å². The number of carbonyl (C=O) groups is 2. The molecule has 0 fully saturated rings. The van der Waals surface area contributed by atoms with Gasteiger partial charge in [0.25, 0.3) is 11.8 Å². The van der Waals surface area contributed by atoms with E-state index in [0.29, 0.717) is 17.1 Å². The van der Waals surface area contributed by atoms with Crippen LogP contribution in [-0.4, -0.2) is 17.9 Å². The zero-order chi connectivity index (χ0) is 21.7. The van der Waals surface area contributed by atoms with Crippen molar-refractivity contribution in [2.75, 3.05) is 10.6 Å². The summed E-state index contributed by atoms with van der Waals surface area (Å²) in [5, 5.41) is 5.54. The van der Waals surface area contributed by atoms with Crippen molar-refractivity contribution in [1.82, 2.24) is 0 Å². The Kier molecular flexibility index (Phi) is 6.26. The molecule has 0 radical (unpaired) electrons. The number of benzene rings is 2. The predicted molar refractivity (Wildman–Crippen MR) is 117 cm³/mol. The lowest BCUT2D eigenvalue weighted by molar-refractivity contribution is -0.122. The molecule has 3 rings (SSSR count). The fourth-order valence-corrected chi connectivity index (χ4v) is 2.81. The Morgan fingerprint density at radius 2 is 1.60 bits per heavy atom. The number of furan rings is 1. The Balaban J connectivity index is 1.59. The molecule has 3 aromatic rings. The van der Waals surface area contributed by atoms with Gasteiger partial charge in [0.2, 0.25) is 0 Å². The molecular formula is C24H26N2O4. The minimum atomic E-state index is -0.688. The number of ether oxygens (including phenoxy) is 1. The van der Waals surface area contributed by atoms with E-state index >= 15 is 0 Å². The molecule has 0 aliphatic heterocycles. The minimum Gasteiger partial charge on any atom is -0.481 e. The van der Waals surface area contributed by atoms with Crippen LogP contribution in [0.2, 0.25) is 0 Å². The van der Waals surface area contributed by atoms with Crippen LogP contribution in [0.1, 0.15) is 43.8 Å². The summed E-state index contributed by atoms with van der Waals surface area (Å²) in [5.41, 5.74) is 2.34. The van der Waals surface area contributed by atoms with Gasteiger partial charge in [-0.1, -0.05) is 39.0 Å². The second kappa shape index (κ2) is 8.86. The van der Waals surface area contributed by atoms with Gasteiger partial charge in [-0.05, 0) is 60.4 Å². The zero-order valence-corrected chi connectivity index (χ0v) is 17.6. The van der Waals surface area contributed by atoms with E-state index in [4.69, 9.17) is 9.15 Å².